The van der Waals surface area contributed by atoms with E-state index in [1.165, 1.54) is 19.1 Å². The lowest BCUT2D eigenvalue weighted by atomic mass is 9.91. The van der Waals surface area contributed by atoms with E-state index < -0.39 is 65.6 Å². The number of esters is 3. The summed E-state index contributed by atoms with van der Waals surface area (Å²) in [6.45, 7) is 3.36. The van der Waals surface area contributed by atoms with Crippen molar-refractivity contribution >= 4 is 23.6 Å². The van der Waals surface area contributed by atoms with Gasteiger partial charge in [-0.15, -0.1) is 0 Å². The lowest BCUT2D eigenvalue weighted by Crippen LogP contribution is -2.60. The molecule has 1 heterocycles. The highest BCUT2D eigenvalue weighted by molar-refractivity contribution is 5.77. The molecule has 1 fully saturated rings. The fourth-order valence-electron chi connectivity index (χ4n) is 3.13. The lowest BCUT2D eigenvalue weighted by Gasteiger charge is -2.42. The van der Waals surface area contributed by atoms with Gasteiger partial charge in [0.1, 0.15) is 0 Å². The van der Waals surface area contributed by atoms with Crippen LogP contribution in [0.4, 0.5) is 5.69 Å². The van der Waals surface area contributed by atoms with Gasteiger partial charge in [-0.3, -0.25) is 19.7 Å². The second-order valence-electron chi connectivity index (χ2n) is 6.79. The average molecular weight is 441 g/mol. The van der Waals surface area contributed by atoms with Crippen LogP contribution in [0.2, 0.25) is 0 Å². The smallest absolute Gasteiger partial charge is 0.339 e. The van der Waals surface area contributed by atoms with Crippen LogP contribution in [0.5, 0.6) is 5.75 Å². The summed E-state index contributed by atoms with van der Waals surface area (Å²) in [5.41, 5.74) is -0.153. The zero-order valence-corrected chi connectivity index (χ0v) is 17.3. The first kappa shape index (κ1) is 24.0. The summed E-state index contributed by atoms with van der Waals surface area (Å²) in [4.78, 5) is 46.2. The Kier molecular flexibility index (Phi) is 7.89. The number of methoxy groups -OCH3 is 1. The molecule has 12 nitrogen and oxygen atoms in total. The van der Waals surface area contributed by atoms with Gasteiger partial charge in [-0.25, -0.2) is 4.79 Å². The highest BCUT2D eigenvalue weighted by atomic mass is 16.7. The minimum atomic E-state index is -1.52. The van der Waals surface area contributed by atoms with Gasteiger partial charge in [0.25, 0.3) is 0 Å². The number of aliphatic hydroxyl groups is 1. The molecule has 5 atom stereocenters. The third-order valence-electron chi connectivity index (χ3n) is 4.53. The minimum absolute atomic E-state index is 0.199. The van der Waals surface area contributed by atoms with Gasteiger partial charge in [0.2, 0.25) is 6.29 Å². The fraction of sp³-hybridized carbons (Fsp3) is 0.526. The first-order valence-electron chi connectivity index (χ1n) is 9.21. The summed E-state index contributed by atoms with van der Waals surface area (Å²) >= 11 is 0. The first-order valence-corrected chi connectivity index (χ1v) is 9.21. The van der Waals surface area contributed by atoms with Crippen LogP contribution in [-0.4, -0.2) is 59.6 Å². The van der Waals surface area contributed by atoms with Gasteiger partial charge in [0, 0.05) is 19.9 Å². The number of rotatable bonds is 7. The number of carbonyl (C=O) groups is 3. The molecule has 0 radical (unpaired) electrons. The molecule has 0 unspecified atom stereocenters. The molecule has 1 N–H and O–H groups in total. The molecule has 1 aliphatic rings. The van der Waals surface area contributed by atoms with Crippen LogP contribution < -0.4 is 4.74 Å². The molecular formula is C19H23NO11. The topological polar surface area (TPSA) is 161 Å². The van der Waals surface area contributed by atoms with Crippen LogP contribution in [0.15, 0.2) is 18.2 Å². The Labute approximate surface area is 177 Å². The van der Waals surface area contributed by atoms with Crippen molar-refractivity contribution in [1.82, 2.24) is 0 Å². The van der Waals surface area contributed by atoms with Crippen molar-refractivity contribution in [2.45, 2.75) is 52.0 Å². The maximum absolute atomic E-state index is 12.3. The summed E-state index contributed by atoms with van der Waals surface area (Å²) in [5.74, 6) is -3.39. The largest absolute Gasteiger partial charge is 0.467 e. The van der Waals surface area contributed by atoms with E-state index >= 15 is 0 Å². The Balaban J connectivity index is 2.44. The lowest BCUT2D eigenvalue weighted by molar-refractivity contribution is -0.387. The minimum Gasteiger partial charge on any atom is -0.467 e. The van der Waals surface area contributed by atoms with E-state index in [9.17, 15) is 29.6 Å². The van der Waals surface area contributed by atoms with Gasteiger partial charge in [0.15, 0.2) is 24.1 Å². The van der Waals surface area contributed by atoms with Crippen LogP contribution in [0, 0.1) is 16.0 Å². The summed E-state index contributed by atoms with van der Waals surface area (Å²) in [6, 6.07) is 3.82. The van der Waals surface area contributed by atoms with Crippen LogP contribution in [0.25, 0.3) is 0 Å². The molecule has 0 bridgehead atoms. The van der Waals surface area contributed by atoms with Crippen LogP contribution in [0.1, 0.15) is 26.3 Å². The number of nitro benzene ring substituents is 1. The molecule has 2 rings (SSSR count). The zero-order chi connectivity index (χ0) is 23.3. The number of carbonyl (C=O) groups excluding carboxylic acids is 3. The number of nitro groups is 1. The van der Waals surface area contributed by atoms with E-state index in [2.05, 4.69) is 0 Å². The predicted molar refractivity (Wildman–Crippen MR) is 101 cm³/mol. The molecule has 0 aliphatic carbocycles. The summed E-state index contributed by atoms with van der Waals surface area (Å²) in [7, 11) is 1.09. The Hall–Kier alpha value is -3.25. The van der Waals surface area contributed by atoms with E-state index in [4.69, 9.17) is 23.7 Å². The molecule has 0 aromatic heterocycles. The quantitative estimate of drug-likeness (QED) is 0.276. The molecular weight excluding hydrogens is 418 g/mol. The van der Waals surface area contributed by atoms with Crippen molar-refractivity contribution in [3.05, 3.63) is 33.9 Å². The summed E-state index contributed by atoms with van der Waals surface area (Å²) in [5, 5.41) is 20.6. The fourth-order valence-corrected chi connectivity index (χ4v) is 3.13. The highest BCUT2D eigenvalue weighted by Gasteiger charge is 2.52. The second-order valence-corrected chi connectivity index (χ2v) is 6.79. The van der Waals surface area contributed by atoms with E-state index in [1.54, 1.807) is 0 Å². The van der Waals surface area contributed by atoms with Gasteiger partial charge in [0.05, 0.1) is 24.6 Å². The molecule has 1 aromatic rings. The Morgan fingerprint density at radius 2 is 1.77 bits per heavy atom. The number of nitrogens with zero attached hydrogens (tertiary/aromatic N) is 1. The molecule has 0 amide bonds. The number of aliphatic hydroxyl groups excluding tert-OH is 1. The van der Waals surface area contributed by atoms with E-state index in [0.29, 0.717) is 0 Å². The predicted octanol–water partition coefficient (Wildman–Crippen LogP) is 0.863. The second kappa shape index (κ2) is 10.2. The van der Waals surface area contributed by atoms with Crippen molar-refractivity contribution in [2.75, 3.05) is 7.11 Å². The molecule has 31 heavy (non-hydrogen) atoms. The molecule has 1 aromatic carbocycles. The molecule has 12 heteroatoms. The Bertz CT molecular complexity index is 855. The SMILES string of the molecule is COC(=O)[C@H]1O[C@@H](Oc2ccc(CO)cc2[N+](=O)[O-])[C@H](C)[C@@H](OC(C)=O)[C@@H]1OC(C)=O. The van der Waals surface area contributed by atoms with Gasteiger partial charge in [-0.05, 0) is 11.6 Å². The Morgan fingerprint density at radius 1 is 1.16 bits per heavy atom. The number of hydrogen-bond acceptors (Lipinski definition) is 11. The molecule has 1 saturated heterocycles. The zero-order valence-electron chi connectivity index (χ0n) is 17.3. The maximum Gasteiger partial charge on any atom is 0.339 e. The number of ether oxygens (including phenoxy) is 5. The number of benzene rings is 1. The van der Waals surface area contributed by atoms with E-state index in [-0.39, 0.29) is 11.3 Å². The maximum atomic E-state index is 12.3. The number of hydrogen-bond donors (Lipinski definition) is 1. The third-order valence-corrected chi connectivity index (χ3v) is 4.53. The van der Waals surface area contributed by atoms with Gasteiger partial charge in [-0.1, -0.05) is 13.0 Å². The van der Waals surface area contributed by atoms with Gasteiger partial charge in [-0.2, -0.15) is 0 Å². The van der Waals surface area contributed by atoms with Crippen molar-refractivity contribution in [3.63, 3.8) is 0 Å². The van der Waals surface area contributed by atoms with Gasteiger partial charge < -0.3 is 28.8 Å². The normalized spacial score (nSPS) is 25.3. The summed E-state index contributed by atoms with van der Waals surface area (Å²) in [6.07, 6.45) is -5.32. The van der Waals surface area contributed by atoms with Crippen LogP contribution in [-0.2, 0) is 39.9 Å². The molecule has 170 valence electrons. The standard InChI is InChI=1S/C19H23NO11/c1-9-15(28-10(2)22)16(29-11(3)23)17(18(24)27-4)31-19(9)30-14-6-5-12(8-21)7-13(14)20(25)26/h5-7,9,15-17,19,21H,8H2,1-4H3/t9-,15-,16+,17+,19-/m1/s1. The third kappa shape index (κ3) is 5.67. The molecule has 0 spiro atoms. The van der Waals surface area contributed by atoms with E-state index in [0.717, 1.165) is 27.0 Å². The van der Waals surface area contributed by atoms with Crippen molar-refractivity contribution in [2.24, 2.45) is 5.92 Å². The molecule has 1 aliphatic heterocycles. The monoisotopic (exact) mass is 441 g/mol. The van der Waals surface area contributed by atoms with Crippen LogP contribution >= 0.6 is 0 Å². The van der Waals surface area contributed by atoms with Crippen molar-refractivity contribution < 1.29 is 48.1 Å². The highest BCUT2D eigenvalue weighted by Crippen LogP contribution is 2.36. The molecule has 0 saturated carbocycles. The summed E-state index contributed by atoms with van der Waals surface area (Å²) < 4.78 is 26.4. The first-order chi connectivity index (χ1) is 14.6. The van der Waals surface area contributed by atoms with Crippen molar-refractivity contribution in [1.29, 1.82) is 0 Å². The van der Waals surface area contributed by atoms with Gasteiger partial charge >= 0.3 is 23.6 Å². The van der Waals surface area contributed by atoms with Crippen molar-refractivity contribution in [3.8, 4) is 5.75 Å². The Morgan fingerprint density at radius 3 is 2.29 bits per heavy atom. The van der Waals surface area contributed by atoms with Crippen LogP contribution in [0.3, 0.4) is 0 Å². The average Bonchev–Trinajstić information content (AvgIpc) is 2.71. The van der Waals surface area contributed by atoms with E-state index in [1.807, 2.05) is 0 Å².